The lowest BCUT2D eigenvalue weighted by Gasteiger charge is -2.06. The Kier molecular flexibility index (Phi) is 2.41. The largest absolute Gasteiger partial charge is 0.490 e. The Morgan fingerprint density at radius 3 is 2.67 bits per heavy atom. The van der Waals surface area contributed by atoms with Crippen LogP contribution < -0.4 is 10.5 Å². The van der Waals surface area contributed by atoms with E-state index in [0.29, 0.717) is 23.2 Å². The predicted octanol–water partition coefficient (Wildman–Crippen LogP) is 1.14. The minimum atomic E-state index is -0.556. The van der Waals surface area contributed by atoms with Crippen LogP contribution in [0.15, 0.2) is 18.2 Å². The average Bonchev–Trinajstić information content (AvgIpc) is 3.01. The molecule has 1 amide bonds. The number of carbonyl (C=O) groups is 2. The maximum absolute atomic E-state index is 11.0. The van der Waals surface area contributed by atoms with Crippen molar-refractivity contribution in [3.05, 3.63) is 29.3 Å². The van der Waals surface area contributed by atoms with Crippen molar-refractivity contribution in [1.29, 1.82) is 0 Å². The van der Waals surface area contributed by atoms with Gasteiger partial charge in [0.2, 0.25) is 5.91 Å². The predicted molar refractivity (Wildman–Crippen MR) is 54.0 cm³/mol. The zero-order valence-corrected chi connectivity index (χ0v) is 8.10. The molecule has 78 valence electrons. The number of rotatable bonds is 4. The van der Waals surface area contributed by atoms with Crippen molar-refractivity contribution in [2.45, 2.75) is 18.9 Å². The van der Waals surface area contributed by atoms with E-state index in [1.807, 2.05) is 0 Å². The summed E-state index contributed by atoms with van der Waals surface area (Å²) in [6, 6.07) is 4.63. The third-order valence-electron chi connectivity index (χ3n) is 2.18. The van der Waals surface area contributed by atoms with Gasteiger partial charge in [-0.3, -0.25) is 9.59 Å². The first-order valence-electron chi connectivity index (χ1n) is 4.76. The van der Waals surface area contributed by atoms with Crippen molar-refractivity contribution in [3.63, 3.8) is 0 Å². The highest BCUT2D eigenvalue weighted by molar-refractivity contribution is 5.95. The third kappa shape index (κ3) is 2.34. The Labute approximate surface area is 87.0 Å². The number of nitrogens with two attached hydrogens (primary N) is 1. The second kappa shape index (κ2) is 3.73. The first-order chi connectivity index (χ1) is 7.19. The summed E-state index contributed by atoms with van der Waals surface area (Å²) in [5, 5.41) is 0. The van der Waals surface area contributed by atoms with Gasteiger partial charge in [-0.15, -0.1) is 0 Å². The zero-order valence-electron chi connectivity index (χ0n) is 8.10. The van der Waals surface area contributed by atoms with Gasteiger partial charge in [-0.2, -0.15) is 0 Å². The standard InChI is InChI=1S/C11H11NO3/c12-11(14)8-3-7(6-13)4-10(5-8)15-9-1-2-9/h3-6,9H,1-2H2,(H2,12,14). The molecular weight excluding hydrogens is 194 g/mol. The Balaban J connectivity index is 2.31. The Morgan fingerprint density at radius 2 is 2.13 bits per heavy atom. The summed E-state index contributed by atoms with van der Waals surface area (Å²) in [5.74, 6) is -0.0183. The minimum absolute atomic E-state index is 0.229. The maximum atomic E-state index is 11.0. The van der Waals surface area contributed by atoms with Gasteiger partial charge in [-0.1, -0.05) is 0 Å². The van der Waals surface area contributed by atoms with Crippen LogP contribution in [-0.4, -0.2) is 18.3 Å². The molecule has 4 heteroatoms. The number of aldehydes is 1. The minimum Gasteiger partial charge on any atom is -0.490 e. The molecule has 1 fully saturated rings. The number of ether oxygens (including phenoxy) is 1. The van der Waals surface area contributed by atoms with Gasteiger partial charge >= 0.3 is 0 Å². The highest BCUT2D eigenvalue weighted by atomic mass is 16.5. The van der Waals surface area contributed by atoms with Crippen molar-refractivity contribution < 1.29 is 14.3 Å². The molecule has 0 aliphatic heterocycles. The second-order valence-corrected chi connectivity index (χ2v) is 3.59. The van der Waals surface area contributed by atoms with Crippen molar-refractivity contribution in [1.82, 2.24) is 0 Å². The molecule has 15 heavy (non-hydrogen) atoms. The van der Waals surface area contributed by atoms with Gasteiger partial charge in [-0.05, 0) is 31.0 Å². The van der Waals surface area contributed by atoms with Crippen LogP contribution in [-0.2, 0) is 0 Å². The lowest BCUT2D eigenvalue weighted by Crippen LogP contribution is -2.11. The van der Waals surface area contributed by atoms with Crippen molar-refractivity contribution in [3.8, 4) is 5.75 Å². The van der Waals surface area contributed by atoms with Crippen LogP contribution in [0.2, 0.25) is 0 Å². The molecule has 0 bridgehead atoms. The number of carbonyl (C=O) groups excluding carboxylic acids is 2. The van der Waals surface area contributed by atoms with Crippen LogP contribution in [0.5, 0.6) is 5.75 Å². The van der Waals surface area contributed by atoms with Gasteiger partial charge in [0.05, 0.1) is 6.10 Å². The molecule has 4 nitrogen and oxygen atoms in total. The summed E-state index contributed by atoms with van der Waals surface area (Å²) in [6.45, 7) is 0. The summed E-state index contributed by atoms with van der Waals surface area (Å²) in [5.41, 5.74) is 5.85. The number of hydrogen-bond acceptors (Lipinski definition) is 3. The molecule has 0 atom stereocenters. The quantitative estimate of drug-likeness (QED) is 0.749. The Hall–Kier alpha value is -1.84. The van der Waals surface area contributed by atoms with E-state index in [-0.39, 0.29) is 6.10 Å². The van der Waals surface area contributed by atoms with E-state index < -0.39 is 5.91 Å². The van der Waals surface area contributed by atoms with Crippen LogP contribution >= 0.6 is 0 Å². The molecule has 0 spiro atoms. The van der Waals surface area contributed by atoms with E-state index >= 15 is 0 Å². The smallest absolute Gasteiger partial charge is 0.248 e. The van der Waals surface area contributed by atoms with Gasteiger partial charge in [0.1, 0.15) is 12.0 Å². The second-order valence-electron chi connectivity index (χ2n) is 3.59. The van der Waals surface area contributed by atoms with Crippen LogP contribution in [0, 0.1) is 0 Å². The molecule has 1 aliphatic rings. The van der Waals surface area contributed by atoms with Crippen LogP contribution in [0.25, 0.3) is 0 Å². The van der Waals surface area contributed by atoms with E-state index in [2.05, 4.69) is 0 Å². The fourth-order valence-electron chi connectivity index (χ4n) is 1.28. The summed E-state index contributed by atoms with van der Waals surface area (Å²) in [6.07, 6.45) is 2.95. The third-order valence-corrected chi connectivity index (χ3v) is 2.18. The van der Waals surface area contributed by atoms with Crippen LogP contribution in [0.4, 0.5) is 0 Å². The van der Waals surface area contributed by atoms with Gasteiger partial charge in [0.25, 0.3) is 0 Å². The summed E-state index contributed by atoms with van der Waals surface area (Å²) in [7, 11) is 0. The number of benzene rings is 1. The molecule has 1 aliphatic carbocycles. The number of amides is 1. The van der Waals surface area contributed by atoms with Crippen molar-refractivity contribution >= 4 is 12.2 Å². The van der Waals surface area contributed by atoms with E-state index in [4.69, 9.17) is 10.5 Å². The average molecular weight is 205 g/mol. The lowest BCUT2D eigenvalue weighted by atomic mass is 10.1. The van der Waals surface area contributed by atoms with Crippen molar-refractivity contribution in [2.24, 2.45) is 5.73 Å². The fraction of sp³-hybridized carbons (Fsp3) is 0.273. The van der Waals surface area contributed by atoms with Crippen LogP contribution in [0.1, 0.15) is 33.6 Å². The topological polar surface area (TPSA) is 69.4 Å². The molecule has 0 unspecified atom stereocenters. The van der Waals surface area contributed by atoms with Gasteiger partial charge in [0.15, 0.2) is 0 Å². The van der Waals surface area contributed by atoms with Crippen molar-refractivity contribution in [2.75, 3.05) is 0 Å². The molecule has 1 aromatic rings. The van der Waals surface area contributed by atoms with Gasteiger partial charge in [0, 0.05) is 11.1 Å². The zero-order chi connectivity index (χ0) is 10.8. The Morgan fingerprint density at radius 1 is 1.40 bits per heavy atom. The summed E-state index contributed by atoms with van der Waals surface area (Å²) < 4.78 is 5.49. The lowest BCUT2D eigenvalue weighted by molar-refractivity contribution is 0.0999. The van der Waals surface area contributed by atoms with E-state index in [9.17, 15) is 9.59 Å². The molecule has 2 rings (SSSR count). The van der Waals surface area contributed by atoms with Crippen LogP contribution in [0.3, 0.4) is 0 Å². The Bertz CT molecular complexity index is 410. The van der Waals surface area contributed by atoms with Gasteiger partial charge in [-0.25, -0.2) is 0 Å². The number of primary amides is 1. The molecule has 1 saturated carbocycles. The highest BCUT2D eigenvalue weighted by Gasteiger charge is 2.23. The van der Waals surface area contributed by atoms with E-state index in [1.165, 1.54) is 6.07 Å². The molecule has 0 saturated heterocycles. The normalized spacial score (nSPS) is 14.7. The number of hydrogen-bond donors (Lipinski definition) is 1. The molecule has 0 aromatic heterocycles. The van der Waals surface area contributed by atoms with E-state index in [1.54, 1.807) is 12.1 Å². The SMILES string of the molecule is NC(=O)c1cc(C=O)cc(OC2CC2)c1. The van der Waals surface area contributed by atoms with E-state index in [0.717, 1.165) is 12.8 Å². The molecule has 1 aromatic carbocycles. The first-order valence-corrected chi connectivity index (χ1v) is 4.76. The summed E-state index contributed by atoms with van der Waals surface area (Å²) in [4.78, 5) is 21.6. The molecule has 0 radical (unpaired) electrons. The van der Waals surface area contributed by atoms with Gasteiger partial charge < -0.3 is 10.5 Å². The molecule has 0 heterocycles. The summed E-state index contributed by atoms with van der Waals surface area (Å²) >= 11 is 0. The molecular formula is C11H11NO3. The maximum Gasteiger partial charge on any atom is 0.248 e. The first kappa shape index (κ1) is 9.71. The highest BCUT2D eigenvalue weighted by Crippen LogP contribution is 2.27. The molecule has 2 N–H and O–H groups in total. The monoisotopic (exact) mass is 205 g/mol. The fourth-order valence-corrected chi connectivity index (χ4v) is 1.28.